The Morgan fingerprint density at radius 3 is 2.69 bits per heavy atom. The van der Waals surface area contributed by atoms with Crippen molar-refractivity contribution in [2.24, 2.45) is 0 Å². The van der Waals surface area contributed by atoms with Gasteiger partial charge in [0.25, 0.3) is 0 Å². The van der Waals surface area contributed by atoms with Crippen LogP contribution in [0.25, 0.3) is 0 Å². The standard InChI is InChI=1S/C9H13NO2S/c1-5(2)9-7(4-8(11)12)10-6(3)13-9/h5H,4H2,1-3H3,(H,11,12). The van der Waals surface area contributed by atoms with Gasteiger partial charge >= 0.3 is 5.97 Å². The van der Waals surface area contributed by atoms with Crippen molar-refractivity contribution in [1.82, 2.24) is 4.98 Å². The molecule has 0 fully saturated rings. The van der Waals surface area contributed by atoms with Crippen LogP contribution in [0.1, 0.15) is 35.3 Å². The maximum atomic E-state index is 10.5. The monoisotopic (exact) mass is 199 g/mol. The van der Waals surface area contributed by atoms with Crippen molar-refractivity contribution < 1.29 is 9.90 Å². The number of hydrogen-bond acceptors (Lipinski definition) is 3. The van der Waals surface area contributed by atoms with Gasteiger partial charge in [-0.05, 0) is 12.8 Å². The third-order valence-corrected chi connectivity index (χ3v) is 2.99. The number of nitrogens with zero attached hydrogens (tertiary/aromatic N) is 1. The van der Waals surface area contributed by atoms with Crippen molar-refractivity contribution in [1.29, 1.82) is 0 Å². The summed E-state index contributed by atoms with van der Waals surface area (Å²) < 4.78 is 0. The van der Waals surface area contributed by atoms with Crippen molar-refractivity contribution >= 4 is 17.3 Å². The van der Waals surface area contributed by atoms with E-state index in [2.05, 4.69) is 18.8 Å². The highest BCUT2D eigenvalue weighted by Crippen LogP contribution is 2.26. The number of aryl methyl sites for hydroxylation is 1. The molecule has 4 heteroatoms. The molecule has 72 valence electrons. The first-order chi connectivity index (χ1) is 6.00. The van der Waals surface area contributed by atoms with Gasteiger partial charge in [-0.15, -0.1) is 11.3 Å². The van der Waals surface area contributed by atoms with Crippen LogP contribution >= 0.6 is 11.3 Å². The summed E-state index contributed by atoms with van der Waals surface area (Å²) in [6.07, 6.45) is 0.0395. The number of hydrogen-bond donors (Lipinski definition) is 1. The summed E-state index contributed by atoms with van der Waals surface area (Å²) in [4.78, 5) is 15.8. The maximum absolute atomic E-state index is 10.5. The number of thiazole rings is 1. The second-order valence-corrected chi connectivity index (χ2v) is 4.50. The molecule has 3 nitrogen and oxygen atoms in total. The summed E-state index contributed by atoms with van der Waals surface area (Å²) in [5.74, 6) is -0.451. The second-order valence-electron chi connectivity index (χ2n) is 3.27. The summed E-state index contributed by atoms with van der Waals surface area (Å²) in [6, 6.07) is 0. The molecule has 0 aromatic carbocycles. The predicted octanol–water partition coefficient (Wildman–Crippen LogP) is 2.20. The molecule has 1 aromatic heterocycles. The predicted molar refractivity (Wildman–Crippen MR) is 52.3 cm³/mol. The van der Waals surface area contributed by atoms with Crippen LogP contribution in [0.4, 0.5) is 0 Å². The Kier molecular flexibility index (Phi) is 3.03. The van der Waals surface area contributed by atoms with Crippen molar-refractivity contribution in [3.05, 3.63) is 15.6 Å². The molecule has 0 bridgehead atoms. The zero-order chi connectivity index (χ0) is 10.0. The van der Waals surface area contributed by atoms with E-state index in [0.717, 1.165) is 15.6 Å². The second kappa shape index (κ2) is 3.87. The van der Waals surface area contributed by atoms with Gasteiger partial charge in [-0.2, -0.15) is 0 Å². The zero-order valence-electron chi connectivity index (χ0n) is 8.00. The van der Waals surface area contributed by atoms with E-state index in [4.69, 9.17) is 5.11 Å². The first-order valence-corrected chi connectivity index (χ1v) is 5.00. The van der Waals surface area contributed by atoms with Crippen LogP contribution in [0.2, 0.25) is 0 Å². The van der Waals surface area contributed by atoms with E-state index in [9.17, 15) is 4.79 Å². The van der Waals surface area contributed by atoms with Gasteiger partial charge in [0.2, 0.25) is 0 Å². The molecule has 0 saturated carbocycles. The lowest BCUT2D eigenvalue weighted by Crippen LogP contribution is -2.03. The quantitative estimate of drug-likeness (QED) is 0.811. The van der Waals surface area contributed by atoms with Crippen LogP contribution in [0, 0.1) is 6.92 Å². The van der Waals surface area contributed by atoms with Crippen molar-refractivity contribution in [3.63, 3.8) is 0 Å². The molecule has 0 aliphatic rings. The number of aromatic nitrogens is 1. The minimum absolute atomic E-state index is 0.0395. The van der Waals surface area contributed by atoms with E-state index in [0.29, 0.717) is 5.92 Å². The number of carboxylic acid groups (broad SMARTS) is 1. The van der Waals surface area contributed by atoms with E-state index >= 15 is 0 Å². The summed E-state index contributed by atoms with van der Waals surface area (Å²) in [6.45, 7) is 6.01. The Balaban J connectivity index is 2.97. The van der Waals surface area contributed by atoms with E-state index in [1.165, 1.54) is 0 Å². The number of carbonyl (C=O) groups is 1. The third-order valence-electron chi connectivity index (χ3n) is 1.68. The largest absolute Gasteiger partial charge is 0.481 e. The molecule has 0 aliphatic carbocycles. The Morgan fingerprint density at radius 2 is 2.23 bits per heavy atom. The Morgan fingerprint density at radius 1 is 1.62 bits per heavy atom. The van der Waals surface area contributed by atoms with E-state index in [1.807, 2.05) is 6.92 Å². The van der Waals surface area contributed by atoms with E-state index in [-0.39, 0.29) is 6.42 Å². The topological polar surface area (TPSA) is 50.2 Å². The molecule has 0 spiro atoms. The molecule has 1 heterocycles. The van der Waals surface area contributed by atoms with E-state index < -0.39 is 5.97 Å². The highest BCUT2D eigenvalue weighted by Gasteiger charge is 2.14. The van der Waals surface area contributed by atoms with Gasteiger partial charge in [-0.1, -0.05) is 13.8 Å². The van der Waals surface area contributed by atoms with Crippen LogP contribution in [0.15, 0.2) is 0 Å². The van der Waals surface area contributed by atoms with Crippen molar-refractivity contribution in [3.8, 4) is 0 Å². The van der Waals surface area contributed by atoms with Crippen LogP contribution in [-0.4, -0.2) is 16.1 Å². The van der Waals surface area contributed by atoms with Crippen LogP contribution < -0.4 is 0 Å². The Labute approximate surface area is 81.4 Å². The van der Waals surface area contributed by atoms with Gasteiger partial charge in [0.15, 0.2) is 0 Å². The Hall–Kier alpha value is -0.900. The molecule has 1 aromatic rings. The van der Waals surface area contributed by atoms with Gasteiger partial charge in [0, 0.05) is 4.88 Å². The normalized spacial score (nSPS) is 10.8. The average Bonchev–Trinajstić information content (AvgIpc) is 2.29. The first kappa shape index (κ1) is 10.2. The van der Waals surface area contributed by atoms with Gasteiger partial charge in [0.05, 0.1) is 17.1 Å². The molecule has 0 radical (unpaired) electrons. The van der Waals surface area contributed by atoms with Crippen LogP contribution in [0.3, 0.4) is 0 Å². The molecule has 0 unspecified atom stereocenters. The molecule has 0 amide bonds. The maximum Gasteiger partial charge on any atom is 0.309 e. The number of carboxylic acids is 1. The van der Waals surface area contributed by atoms with Gasteiger partial charge in [-0.25, -0.2) is 4.98 Å². The average molecular weight is 199 g/mol. The smallest absolute Gasteiger partial charge is 0.309 e. The molecule has 0 aliphatic heterocycles. The molecule has 13 heavy (non-hydrogen) atoms. The van der Waals surface area contributed by atoms with Crippen LogP contribution in [0.5, 0.6) is 0 Å². The fourth-order valence-electron chi connectivity index (χ4n) is 1.21. The molecule has 0 atom stereocenters. The van der Waals surface area contributed by atoms with Crippen LogP contribution in [-0.2, 0) is 11.2 Å². The molecule has 1 N–H and O–H groups in total. The lowest BCUT2D eigenvalue weighted by Gasteiger charge is -2.01. The lowest BCUT2D eigenvalue weighted by atomic mass is 10.1. The minimum Gasteiger partial charge on any atom is -0.481 e. The fourth-order valence-corrected chi connectivity index (χ4v) is 2.15. The van der Waals surface area contributed by atoms with Gasteiger partial charge in [0.1, 0.15) is 0 Å². The summed E-state index contributed by atoms with van der Waals surface area (Å²) in [5.41, 5.74) is 0.727. The SMILES string of the molecule is Cc1nc(CC(=O)O)c(C(C)C)s1. The molecular weight excluding hydrogens is 186 g/mol. The van der Waals surface area contributed by atoms with Gasteiger partial charge in [-0.3, -0.25) is 4.79 Å². The van der Waals surface area contributed by atoms with Gasteiger partial charge < -0.3 is 5.11 Å². The first-order valence-electron chi connectivity index (χ1n) is 4.18. The van der Waals surface area contributed by atoms with E-state index in [1.54, 1.807) is 11.3 Å². The van der Waals surface area contributed by atoms with Crippen molar-refractivity contribution in [2.75, 3.05) is 0 Å². The fraction of sp³-hybridized carbons (Fsp3) is 0.556. The third kappa shape index (κ3) is 2.52. The molecule has 1 rings (SSSR count). The molecular formula is C9H13NO2S. The highest BCUT2D eigenvalue weighted by molar-refractivity contribution is 7.11. The summed E-state index contributed by atoms with van der Waals surface area (Å²) >= 11 is 1.59. The summed E-state index contributed by atoms with van der Waals surface area (Å²) in [5, 5.41) is 9.59. The minimum atomic E-state index is -0.813. The highest BCUT2D eigenvalue weighted by atomic mass is 32.1. The van der Waals surface area contributed by atoms with Crippen molar-refractivity contribution in [2.45, 2.75) is 33.1 Å². The zero-order valence-corrected chi connectivity index (χ0v) is 8.81. The number of aliphatic carboxylic acids is 1. The lowest BCUT2D eigenvalue weighted by molar-refractivity contribution is -0.136. The number of rotatable bonds is 3. The molecule has 0 saturated heterocycles. The Bertz CT molecular complexity index is 317. The summed E-state index contributed by atoms with van der Waals surface area (Å²) in [7, 11) is 0.